The number of aromatic nitrogens is 1. The zero-order valence-corrected chi connectivity index (χ0v) is 7.70. The summed E-state index contributed by atoms with van der Waals surface area (Å²) >= 11 is 0. The SMILES string of the molecule is CCC(=O)c1ncccc1C(C)=O. The molecule has 13 heavy (non-hydrogen) atoms. The first-order valence-corrected chi connectivity index (χ1v) is 4.16. The van der Waals surface area contributed by atoms with E-state index in [0.717, 1.165) is 0 Å². The molecule has 1 rings (SSSR count). The highest BCUT2D eigenvalue weighted by Gasteiger charge is 2.12. The first-order chi connectivity index (χ1) is 6.16. The van der Waals surface area contributed by atoms with E-state index in [9.17, 15) is 9.59 Å². The van der Waals surface area contributed by atoms with Gasteiger partial charge in [0.2, 0.25) is 0 Å². The standard InChI is InChI=1S/C10H11NO2/c1-3-9(13)10-8(7(2)12)5-4-6-11-10/h4-6H,3H2,1-2H3. The first kappa shape index (κ1) is 9.58. The molecule has 0 spiro atoms. The van der Waals surface area contributed by atoms with Crippen LogP contribution < -0.4 is 0 Å². The molecule has 0 aliphatic carbocycles. The summed E-state index contributed by atoms with van der Waals surface area (Å²) in [5.41, 5.74) is 0.701. The average Bonchev–Trinajstić information content (AvgIpc) is 2.16. The van der Waals surface area contributed by atoms with Crippen molar-refractivity contribution in [3.63, 3.8) is 0 Å². The zero-order chi connectivity index (χ0) is 9.84. The Labute approximate surface area is 76.8 Å². The molecule has 1 aromatic heterocycles. The van der Waals surface area contributed by atoms with E-state index in [1.807, 2.05) is 0 Å². The minimum Gasteiger partial charge on any atom is -0.294 e. The Kier molecular flexibility index (Phi) is 2.90. The molecule has 3 nitrogen and oxygen atoms in total. The molecular formula is C10H11NO2. The number of hydrogen-bond donors (Lipinski definition) is 0. The van der Waals surface area contributed by atoms with Gasteiger partial charge in [-0.05, 0) is 19.1 Å². The number of carbonyl (C=O) groups excluding carboxylic acids is 2. The molecule has 0 aliphatic heterocycles. The van der Waals surface area contributed by atoms with Crippen molar-refractivity contribution in [3.05, 3.63) is 29.6 Å². The minimum absolute atomic E-state index is 0.0919. The fourth-order valence-electron chi connectivity index (χ4n) is 1.08. The Hall–Kier alpha value is -1.51. The number of pyridine rings is 1. The number of hydrogen-bond acceptors (Lipinski definition) is 3. The molecule has 0 unspecified atom stereocenters. The Morgan fingerprint density at radius 2 is 2.15 bits per heavy atom. The summed E-state index contributed by atoms with van der Waals surface area (Å²) in [4.78, 5) is 26.3. The van der Waals surface area contributed by atoms with E-state index in [4.69, 9.17) is 0 Å². The summed E-state index contributed by atoms with van der Waals surface area (Å²) in [6, 6.07) is 3.28. The summed E-state index contributed by atoms with van der Waals surface area (Å²) in [6.45, 7) is 3.18. The Bertz CT molecular complexity index is 345. The second-order valence-corrected chi connectivity index (χ2v) is 2.73. The molecule has 68 valence electrons. The van der Waals surface area contributed by atoms with Crippen LogP contribution in [0.2, 0.25) is 0 Å². The lowest BCUT2D eigenvalue weighted by Crippen LogP contribution is -2.08. The number of ketones is 2. The highest BCUT2D eigenvalue weighted by Crippen LogP contribution is 2.08. The molecule has 1 aromatic rings. The Morgan fingerprint density at radius 3 is 2.69 bits per heavy atom. The lowest BCUT2D eigenvalue weighted by atomic mass is 10.1. The maximum absolute atomic E-state index is 11.3. The van der Waals surface area contributed by atoms with Gasteiger partial charge in [0.25, 0.3) is 0 Å². The van der Waals surface area contributed by atoms with Crippen molar-refractivity contribution in [2.24, 2.45) is 0 Å². The average molecular weight is 177 g/mol. The van der Waals surface area contributed by atoms with E-state index in [2.05, 4.69) is 4.98 Å². The van der Waals surface area contributed by atoms with Gasteiger partial charge in [-0.1, -0.05) is 6.92 Å². The van der Waals surface area contributed by atoms with Crippen LogP contribution in [0, 0.1) is 0 Å². The van der Waals surface area contributed by atoms with Gasteiger partial charge in [0.1, 0.15) is 5.69 Å². The summed E-state index contributed by atoms with van der Waals surface area (Å²) in [7, 11) is 0. The van der Waals surface area contributed by atoms with Gasteiger partial charge in [0.15, 0.2) is 11.6 Å². The maximum atomic E-state index is 11.3. The van der Waals surface area contributed by atoms with E-state index >= 15 is 0 Å². The molecule has 0 radical (unpaired) electrons. The number of carbonyl (C=O) groups is 2. The molecule has 0 saturated carbocycles. The third kappa shape index (κ3) is 1.99. The largest absolute Gasteiger partial charge is 0.294 e. The van der Waals surface area contributed by atoms with Crippen LogP contribution in [0.1, 0.15) is 41.1 Å². The molecule has 0 saturated heterocycles. The fourth-order valence-corrected chi connectivity index (χ4v) is 1.08. The molecule has 0 bridgehead atoms. The Balaban J connectivity index is 3.19. The summed E-state index contributed by atoms with van der Waals surface area (Å²) < 4.78 is 0. The highest BCUT2D eigenvalue weighted by molar-refractivity contribution is 6.06. The number of Topliss-reactive ketones (excluding diaryl/α,β-unsaturated/α-hetero) is 2. The van der Waals surface area contributed by atoms with Gasteiger partial charge < -0.3 is 0 Å². The van der Waals surface area contributed by atoms with E-state index in [1.165, 1.54) is 13.1 Å². The van der Waals surface area contributed by atoms with Crippen molar-refractivity contribution in [1.29, 1.82) is 0 Å². The molecule has 0 atom stereocenters. The number of rotatable bonds is 3. The normalized spacial score (nSPS) is 9.69. The van der Waals surface area contributed by atoms with Gasteiger partial charge in [-0.15, -0.1) is 0 Å². The van der Waals surface area contributed by atoms with Gasteiger partial charge in [0.05, 0.1) is 0 Å². The Morgan fingerprint density at radius 1 is 1.46 bits per heavy atom. The van der Waals surface area contributed by atoms with Crippen molar-refractivity contribution in [1.82, 2.24) is 4.98 Å². The van der Waals surface area contributed by atoms with Crippen LogP contribution in [-0.2, 0) is 0 Å². The van der Waals surface area contributed by atoms with Gasteiger partial charge in [0, 0.05) is 18.2 Å². The van der Waals surface area contributed by atoms with Crippen molar-refractivity contribution >= 4 is 11.6 Å². The van der Waals surface area contributed by atoms with E-state index in [0.29, 0.717) is 12.0 Å². The zero-order valence-electron chi connectivity index (χ0n) is 7.70. The molecule has 0 fully saturated rings. The summed E-state index contributed by atoms with van der Waals surface area (Å²) in [5, 5.41) is 0. The predicted octanol–water partition coefficient (Wildman–Crippen LogP) is 1.88. The van der Waals surface area contributed by atoms with E-state index in [1.54, 1.807) is 19.1 Å². The van der Waals surface area contributed by atoms with Crippen molar-refractivity contribution < 1.29 is 9.59 Å². The minimum atomic E-state index is -0.120. The second kappa shape index (κ2) is 3.94. The molecule has 0 aromatic carbocycles. The molecule has 3 heteroatoms. The second-order valence-electron chi connectivity index (χ2n) is 2.73. The van der Waals surface area contributed by atoms with Crippen molar-refractivity contribution in [2.45, 2.75) is 20.3 Å². The predicted molar refractivity (Wildman–Crippen MR) is 48.9 cm³/mol. The summed E-state index contributed by atoms with van der Waals surface area (Å²) in [5.74, 6) is -0.212. The topological polar surface area (TPSA) is 47.0 Å². The van der Waals surface area contributed by atoms with E-state index in [-0.39, 0.29) is 17.3 Å². The molecule has 0 amide bonds. The van der Waals surface area contributed by atoms with Crippen LogP contribution >= 0.6 is 0 Å². The lowest BCUT2D eigenvalue weighted by molar-refractivity contribution is 0.0961. The van der Waals surface area contributed by atoms with Crippen molar-refractivity contribution in [2.75, 3.05) is 0 Å². The van der Waals surface area contributed by atoms with Crippen LogP contribution in [0.3, 0.4) is 0 Å². The van der Waals surface area contributed by atoms with E-state index < -0.39 is 0 Å². The lowest BCUT2D eigenvalue weighted by Gasteiger charge is -2.01. The van der Waals surface area contributed by atoms with Gasteiger partial charge >= 0.3 is 0 Å². The summed E-state index contributed by atoms with van der Waals surface area (Å²) in [6.07, 6.45) is 1.90. The molecule has 0 aliphatic rings. The molecular weight excluding hydrogens is 166 g/mol. The smallest absolute Gasteiger partial charge is 0.181 e. The molecule has 0 N–H and O–H groups in total. The van der Waals surface area contributed by atoms with Gasteiger partial charge in [-0.3, -0.25) is 14.6 Å². The van der Waals surface area contributed by atoms with Crippen LogP contribution in [0.4, 0.5) is 0 Å². The van der Waals surface area contributed by atoms with Crippen molar-refractivity contribution in [3.8, 4) is 0 Å². The van der Waals surface area contributed by atoms with Crippen LogP contribution in [0.15, 0.2) is 18.3 Å². The third-order valence-electron chi connectivity index (χ3n) is 1.77. The fraction of sp³-hybridized carbons (Fsp3) is 0.300. The van der Waals surface area contributed by atoms with Gasteiger partial charge in [-0.25, -0.2) is 0 Å². The maximum Gasteiger partial charge on any atom is 0.181 e. The third-order valence-corrected chi connectivity index (χ3v) is 1.77. The molecule has 1 heterocycles. The quantitative estimate of drug-likeness (QED) is 0.662. The van der Waals surface area contributed by atoms with Crippen LogP contribution in [0.5, 0.6) is 0 Å². The monoisotopic (exact) mass is 177 g/mol. The van der Waals surface area contributed by atoms with Crippen LogP contribution in [0.25, 0.3) is 0 Å². The highest BCUT2D eigenvalue weighted by atomic mass is 16.1. The number of nitrogens with zero attached hydrogens (tertiary/aromatic N) is 1. The first-order valence-electron chi connectivity index (χ1n) is 4.16. The van der Waals surface area contributed by atoms with Crippen LogP contribution in [-0.4, -0.2) is 16.6 Å². The van der Waals surface area contributed by atoms with Gasteiger partial charge in [-0.2, -0.15) is 0 Å².